The van der Waals surface area contributed by atoms with E-state index in [9.17, 15) is 10.1 Å². The zero-order valence-electron chi connectivity index (χ0n) is 13.7. The molecule has 5 nitrogen and oxygen atoms in total. The maximum absolute atomic E-state index is 12.4. The molecule has 5 heteroatoms. The molecule has 25 heavy (non-hydrogen) atoms. The highest BCUT2D eigenvalue weighted by Gasteiger charge is 2.11. The van der Waals surface area contributed by atoms with Crippen LogP contribution in [-0.2, 0) is 4.79 Å². The molecule has 0 saturated carbocycles. The van der Waals surface area contributed by atoms with Gasteiger partial charge < -0.3 is 15.0 Å². The van der Waals surface area contributed by atoms with Crippen molar-refractivity contribution in [1.29, 1.82) is 5.26 Å². The molecule has 0 bridgehead atoms. The van der Waals surface area contributed by atoms with E-state index in [1.807, 2.05) is 37.3 Å². The van der Waals surface area contributed by atoms with Crippen molar-refractivity contribution in [3.05, 3.63) is 65.9 Å². The van der Waals surface area contributed by atoms with Crippen molar-refractivity contribution in [2.75, 3.05) is 11.9 Å². The van der Waals surface area contributed by atoms with Crippen LogP contribution < -0.4 is 10.1 Å². The predicted molar refractivity (Wildman–Crippen MR) is 98.1 cm³/mol. The summed E-state index contributed by atoms with van der Waals surface area (Å²) in [7, 11) is 0. The molecule has 0 fully saturated rings. The highest BCUT2D eigenvalue weighted by molar-refractivity contribution is 6.10. The number of H-pyrrole nitrogens is 1. The normalized spacial score (nSPS) is 11.1. The summed E-state index contributed by atoms with van der Waals surface area (Å²) in [4.78, 5) is 15.5. The molecule has 0 aliphatic rings. The van der Waals surface area contributed by atoms with Gasteiger partial charge in [-0.1, -0.05) is 18.2 Å². The van der Waals surface area contributed by atoms with Crippen LogP contribution in [0.1, 0.15) is 12.5 Å². The van der Waals surface area contributed by atoms with Crippen LogP contribution in [-0.4, -0.2) is 17.5 Å². The third kappa shape index (κ3) is 3.70. The second-order valence-electron chi connectivity index (χ2n) is 5.37. The Hall–Kier alpha value is -3.52. The zero-order chi connectivity index (χ0) is 17.6. The van der Waals surface area contributed by atoms with Gasteiger partial charge in [-0.3, -0.25) is 4.79 Å². The fourth-order valence-electron chi connectivity index (χ4n) is 2.52. The number of benzene rings is 2. The molecule has 1 amide bonds. The Morgan fingerprint density at radius 2 is 2.00 bits per heavy atom. The van der Waals surface area contributed by atoms with Crippen molar-refractivity contribution >= 4 is 28.6 Å². The van der Waals surface area contributed by atoms with Gasteiger partial charge in [0, 0.05) is 28.4 Å². The van der Waals surface area contributed by atoms with Gasteiger partial charge in [0.1, 0.15) is 17.4 Å². The van der Waals surface area contributed by atoms with E-state index in [4.69, 9.17) is 4.74 Å². The number of fused-ring (bicyclic) bond motifs is 1. The quantitative estimate of drug-likeness (QED) is 0.545. The standard InChI is InChI=1S/C20H17N3O2/c1-2-25-17-9-7-16(8-10-17)23-20(24)14(12-21)11-15-13-22-19-6-4-3-5-18(15)19/h3-11,13,22H,2H2,1H3,(H,23,24)/b14-11+. The number of aromatic amines is 1. The molecule has 1 heterocycles. The van der Waals surface area contributed by atoms with Gasteiger partial charge in [0.2, 0.25) is 0 Å². The van der Waals surface area contributed by atoms with Crippen LogP contribution in [0.15, 0.2) is 60.3 Å². The molecule has 0 radical (unpaired) electrons. The largest absolute Gasteiger partial charge is 0.494 e. The predicted octanol–water partition coefficient (Wildman–Crippen LogP) is 4.11. The van der Waals surface area contributed by atoms with Crippen molar-refractivity contribution in [3.63, 3.8) is 0 Å². The van der Waals surface area contributed by atoms with Crippen LogP contribution in [0, 0.1) is 11.3 Å². The van der Waals surface area contributed by atoms with E-state index < -0.39 is 5.91 Å². The molecule has 0 aliphatic carbocycles. The first-order valence-corrected chi connectivity index (χ1v) is 7.93. The van der Waals surface area contributed by atoms with Gasteiger partial charge in [0.15, 0.2) is 0 Å². The maximum atomic E-state index is 12.4. The van der Waals surface area contributed by atoms with E-state index in [2.05, 4.69) is 10.3 Å². The summed E-state index contributed by atoms with van der Waals surface area (Å²) >= 11 is 0. The lowest BCUT2D eigenvalue weighted by atomic mass is 10.1. The summed E-state index contributed by atoms with van der Waals surface area (Å²) in [6.07, 6.45) is 3.37. The monoisotopic (exact) mass is 331 g/mol. The SMILES string of the molecule is CCOc1ccc(NC(=O)/C(C#N)=C/c2c[nH]c3ccccc23)cc1. The van der Waals surface area contributed by atoms with Gasteiger partial charge in [-0.05, 0) is 43.3 Å². The van der Waals surface area contributed by atoms with Crippen molar-refractivity contribution in [2.24, 2.45) is 0 Å². The number of nitrogens with one attached hydrogen (secondary N) is 2. The molecule has 0 saturated heterocycles. The maximum Gasteiger partial charge on any atom is 0.266 e. The molecule has 1 aromatic heterocycles. The lowest BCUT2D eigenvalue weighted by Crippen LogP contribution is -2.13. The van der Waals surface area contributed by atoms with Crippen molar-refractivity contribution in [2.45, 2.75) is 6.92 Å². The number of nitriles is 1. The Kier molecular flexibility index (Phi) is 4.82. The summed E-state index contributed by atoms with van der Waals surface area (Å²) in [6.45, 7) is 2.49. The summed E-state index contributed by atoms with van der Waals surface area (Å²) < 4.78 is 5.37. The molecule has 3 aromatic rings. The van der Waals surface area contributed by atoms with Crippen molar-refractivity contribution < 1.29 is 9.53 Å². The number of amides is 1. The molecular weight excluding hydrogens is 314 g/mol. The molecule has 2 aromatic carbocycles. The zero-order valence-corrected chi connectivity index (χ0v) is 13.7. The number of para-hydroxylation sites is 1. The minimum Gasteiger partial charge on any atom is -0.494 e. The van der Waals surface area contributed by atoms with Crippen LogP contribution >= 0.6 is 0 Å². The number of rotatable bonds is 5. The van der Waals surface area contributed by atoms with Crippen LogP contribution in [0.3, 0.4) is 0 Å². The van der Waals surface area contributed by atoms with Gasteiger partial charge in [0.25, 0.3) is 5.91 Å². The summed E-state index contributed by atoms with van der Waals surface area (Å²) in [5, 5.41) is 13.0. The highest BCUT2D eigenvalue weighted by atomic mass is 16.5. The topological polar surface area (TPSA) is 77.9 Å². The summed E-state index contributed by atoms with van der Waals surface area (Å²) in [5.74, 6) is 0.285. The molecule has 0 unspecified atom stereocenters. The van der Waals surface area contributed by atoms with E-state index in [-0.39, 0.29) is 5.57 Å². The van der Waals surface area contributed by atoms with Crippen LogP contribution in [0.2, 0.25) is 0 Å². The number of carbonyl (C=O) groups excluding carboxylic acids is 1. The number of anilines is 1. The summed E-state index contributed by atoms with van der Waals surface area (Å²) in [5.41, 5.74) is 2.40. The number of carbonyl (C=O) groups is 1. The molecule has 0 spiro atoms. The van der Waals surface area contributed by atoms with Crippen molar-refractivity contribution in [3.8, 4) is 11.8 Å². The van der Waals surface area contributed by atoms with E-state index >= 15 is 0 Å². The first-order chi connectivity index (χ1) is 12.2. The highest BCUT2D eigenvalue weighted by Crippen LogP contribution is 2.21. The molecule has 0 atom stereocenters. The van der Waals surface area contributed by atoms with Crippen molar-refractivity contribution in [1.82, 2.24) is 4.98 Å². The first-order valence-electron chi connectivity index (χ1n) is 7.93. The van der Waals surface area contributed by atoms with E-state index in [1.54, 1.807) is 36.5 Å². The number of ether oxygens (including phenoxy) is 1. The lowest BCUT2D eigenvalue weighted by Gasteiger charge is -2.06. The molecular formula is C20H17N3O2. The molecule has 2 N–H and O–H groups in total. The van der Waals surface area contributed by atoms with Gasteiger partial charge in [0.05, 0.1) is 6.61 Å². The second kappa shape index (κ2) is 7.37. The van der Waals surface area contributed by atoms with Gasteiger partial charge in [-0.25, -0.2) is 0 Å². The number of aromatic nitrogens is 1. The van der Waals surface area contributed by atoms with Crippen LogP contribution in [0.4, 0.5) is 5.69 Å². The van der Waals surface area contributed by atoms with E-state index in [1.165, 1.54) is 0 Å². The van der Waals surface area contributed by atoms with E-state index in [0.717, 1.165) is 22.2 Å². The lowest BCUT2D eigenvalue weighted by molar-refractivity contribution is -0.112. The van der Waals surface area contributed by atoms with Gasteiger partial charge in [-0.15, -0.1) is 0 Å². The Bertz CT molecular complexity index is 963. The fraction of sp³-hybridized carbons (Fsp3) is 0.100. The second-order valence-corrected chi connectivity index (χ2v) is 5.37. The van der Waals surface area contributed by atoms with Gasteiger partial charge in [-0.2, -0.15) is 5.26 Å². The Morgan fingerprint density at radius 1 is 1.24 bits per heavy atom. The molecule has 0 aliphatic heterocycles. The number of nitrogens with zero attached hydrogens (tertiary/aromatic N) is 1. The number of hydrogen-bond acceptors (Lipinski definition) is 3. The van der Waals surface area contributed by atoms with E-state index in [0.29, 0.717) is 12.3 Å². The third-order valence-electron chi connectivity index (χ3n) is 3.71. The molecule has 124 valence electrons. The first kappa shape index (κ1) is 16.3. The van der Waals surface area contributed by atoms with Crippen LogP contribution in [0.25, 0.3) is 17.0 Å². The Balaban J connectivity index is 1.80. The average Bonchev–Trinajstić information content (AvgIpc) is 3.04. The minimum absolute atomic E-state index is 0.0404. The third-order valence-corrected chi connectivity index (χ3v) is 3.71. The van der Waals surface area contributed by atoms with Gasteiger partial charge >= 0.3 is 0 Å². The Morgan fingerprint density at radius 3 is 2.72 bits per heavy atom. The summed E-state index contributed by atoms with van der Waals surface area (Å²) in [6, 6.07) is 16.7. The fourth-order valence-corrected chi connectivity index (χ4v) is 2.52. The van der Waals surface area contributed by atoms with Crippen LogP contribution in [0.5, 0.6) is 5.75 Å². The number of hydrogen-bond donors (Lipinski definition) is 2. The average molecular weight is 331 g/mol. The molecule has 3 rings (SSSR count). The smallest absolute Gasteiger partial charge is 0.266 e. The Labute approximate surface area is 145 Å². The minimum atomic E-state index is -0.447.